The van der Waals surface area contributed by atoms with E-state index in [0.717, 1.165) is 42.6 Å². The maximum absolute atomic E-state index is 13.3. The summed E-state index contributed by atoms with van der Waals surface area (Å²) in [5.74, 6) is 0.00567. The van der Waals surface area contributed by atoms with Gasteiger partial charge in [-0.25, -0.2) is 0 Å². The molecule has 5 nitrogen and oxygen atoms in total. The summed E-state index contributed by atoms with van der Waals surface area (Å²) in [6, 6.07) is 7.97. The molecule has 1 unspecified atom stereocenters. The van der Waals surface area contributed by atoms with Crippen LogP contribution in [0.1, 0.15) is 53.1 Å². The van der Waals surface area contributed by atoms with Crippen molar-refractivity contribution in [1.82, 2.24) is 20.4 Å². The van der Waals surface area contributed by atoms with Crippen molar-refractivity contribution >= 4 is 17.5 Å². The van der Waals surface area contributed by atoms with E-state index in [9.17, 15) is 4.79 Å². The van der Waals surface area contributed by atoms with Gasteiger partial charge in [0.15, 0.2) is 5.69 Å². The van der Waals surface area contributed by atoms with Gasteiger partial charge in [-0.2, -0.15) is 5.10 Å². The molecular formula is C18H21ClN4O. The molecule has 1 aliphatic carbocycles. The Labute approximate surface area is 146 Å². The summed E-state index contributed by atoms with van der Waals surface area (Å²) in [7, 11) is 0. The molecule has 4 rings (SSSR count). The molecule has 126 valence electrons. The van der Waals surface area contributed by atoms with Gasteiger partial charge in [0.2, 0.25) is 0 Å². The van der Waals surface area contributed by atoms with E-state index in [-0.39, 0.29) is 18.0 Å². The van der Waals surface area contributed by atoms with E-state index < -0.39 is 0 Å². The molecule has 0 bridgehead atoms. The Bertz CT molecular complexity index is 768. The Hall–Kier alpha value is -1.85. The quantitative estimate of drug-likeness (QED) is 0.896. The minimum Gasteiger partial charge on any atom is -0.327 e. The fourth-order valence-electron chi connectivity index (χ4n) is 3.50. The fourth-order valence-corrected chi connectivity index (χ4v) is 3.79. The SMILES string of the molecule is CC(c1ccccc1Cl)N(C(=O)c1n[nH]c2c1CNCC2)C1CC1. The Balaban J connectivity index is 1.67. The van der Waals surface area contributed by atoms with Crippen LogP contribution in [-0.4, -0.2) is 33.6 Å². The van der Waals surface area contributed by atoms with Crippen molar-refractivity contribution < 1.29 is 4.79 Å². The number of carbonyl (C=O) groups excluding carboxylic acids is 1. The van der Waals surface area contributed by atoms with E-state index in [1.54, 1.807) is 0 Å². The highest BCUT2D eigenvalue weighted by molar-refractivity contribution is 6.31. The van der Waals surface area contributed by atoms with Crippen LogP contribution in [0.25, 0.3) is 0 Å². The Morgan fingerprint density at radius 3 is 2.92 bits per heavy atom. The molecule has 1 fully saturated rings. The van der Waals surface area contributed by atoms with Crippen LogP contribution in [-0.2, 0) is 13.0 Å². The van der Waals surface area contributed by atoms with Gasteiger partial charge in [0.25, 0.3) is 5.91 Å². The van der Waals surface area contributed by atoms with Crippen molar-refractivity contribution in [3.8, 4) is 0 Å². The second-order valence-corrected chi connectivity index (χ2v) is 7.00. The third-order valence-electron chi connectivity index (χ3n) is 4.96. The van der Waals surface area contributed by atoms with Crippen molar-refractivity contribution in [2.45, 2.75) is 44.8 Å². The smallest absolute Gasteiger partial charge is 0.275 e. The molecule has 2 heterocycles. The third kappa shape index (κ3) is 2.72. The van der Waals surface area contributed by atoms with Gasteiger partial charge in [-0.15, -0.1) is 0 Å². The Kier molecular flexibility index (Phi) is 4.06. The number of hydrogen-bond donors (Lipinski definition) is 2. The van der Waals surface area contributed by atoms with E-state index >= 15 is 0 Å². The van der Waals surface area contributed by atoms with Crippen LogP contribution in [0, 0.1) is 0 Å². The number of H-pyrrole nitrogens is 1. The number of amides is 1. The number of carbonyl (C=O) groups is 1. The number of benzene rings is 1. The van der Waals surface area contributed by atoms with Gasteiger partial charge in [-0.3, -0.25) is 9.89 Å². The number of aromatic nitrogens is 2. The maximum atomic E-state index is 13.3. The van der Waals surface area contributed by atoms with Crippen molar-refractivity contribution in [2.24, 2.45) is 0 Å². The van der Waals surface area contributed by atoms with Crippen molar-refractivity contribution in [3.05, 3.63) is 51.8 Å². The summed E-state index contributed by atoms with van der Waals surface area (Å²) in [4.78, 5) is 15.2. The van der Waals surface area contributed by atoms with E-state index in [1.165, 1.54) is 0 Å². The van der Waals surface area contributed by atoms with Crippen LogP contribution in [0.5, 0.6) is 0 Å². The Morgan fingerprint density at radius 2 is 2.17 bits per heavy atom. The molecule has 2 N–H and O–H groups in total. The van der Waals surface area contributed by atoms with Gasteiger partial charge >= 0.3 is 0 Å². The number of nitrogens with zero attached hydrogens (tertiary/aromatic N) is 2. The monoisotopic (exact) mass is 344 g/mol. The lowest BCUT2D eigenvalue weighted by molar-refractivity contribution is 0.0666. The first-order chi connectivity index (χ1) is 11.7. The minimum absolute atomic E-state index is 0.00567. The van der Waals surface area contributed by atoms with Crippen LogP contribution in [0.4, 0.5) is 0 Å². The van der Waals surface area contributed by atoms with E-state index in [2.05, 4.69) is 22.4 Å². The van der Waals surface area contributed by atoms with Crippen molar-refractivity contribution in [3.63, 3.8) is 0 Å². The van der Waals surface area contributed by atoms with Gasteiger partial charge in [0.05, 0.1) is 6.04 Å². The highest BCUT2D eigenvalue weighted by Crippen LogP contribution is 2.38. The van der Waals surface area contributed by atoms with Gasteiger partial charge < -0.3 is 10.2 Å². The number of hydrogen-bond acceptors (Lipinski definition) is 3. The molecule has 2 aliphatic rings. The summed E-state index contributed by atoms with van der Waals surface area (Å²) >= 11 is 6.36. The van der Waals surface area contributed by atoms with Crippen LogP contribution in [0.2, 0.25) is 5.02 Å². The van der Waals surface area contributed by atoms with Crippen LogP contribution in [0.15, 0.2) is 24.3 Å². The molecule has 6 heteroatoms. The standard InChI is InChI=1S/C18H21ClN4O/c1-11(13-4-2-3-5-15(13)19)23(12-6-7-12)18(24)17-14-10-20-9-8-16(14)21-22-17/h2-5,11-12,20H,6-10H2,1H3,(H,21,22). The van der Waals surface area contributed by atoms with Crippen molar-refractivity contribution in [1.29, 1.82) is 0 Å². The van der Waals surface area contributed by atoms with Gasteiger partial charge in [0.1, 0.15) is 0 Å². The average Bonchev–Trinajstić information content (AvgIpc) is 3.33. The third-order valence-corrected chi connectivity index (χ3v) is 5.30. The zero-order valence-electron chi connectivity index (χ0n) is 13.7. The molecule has 0 spiro atoms. The molecule has 1 atom stereocenters. The first-order valence-corrected chi connectivity index (χ1v) is 8.88. The number of nitrogens with one attached hydrogen (secondary N) is 2. The molecule has 1 aliphatic heterocycles. The molecule has 1 saturated carbocycles. The van der Waals surface area contributed by atoms with Crippen molar-refractivity contribution in [2.75, 3.05) is 6.54 Å². The molecule has 1 aromatic carbocycles. The average molecular weight is 345 g/mol. The predicted molar refractivity (Wildman–Crippen MR) is 93.1 cm³/mol. The van der Waals surface area contributed by atoms with Crippen LogP contribution >= 0.6 is 11.6 Å². The molecule has 0 saturated heterocycles. The van der Waals surface area contributed by atoms with E-state index in [1.807, 2.05) is 29.2 Å². The van der Waals surface area contributed by atoms with Gasteiger partial charge in [0, 0.05) is 41.8 Å². The summed E-state index contributed by atoms with van der Waals surface area (Å²) in [6.45, 7) is 3.67. The molecular weight excluding hydrogens is 324 g/mol. The fraction of sp³-hybridized carbons (Fsp3) is 0.444. The number of aromatic amines is 1. The molecule has 1 amide bonds. The Morgan fingerprint density at radius 1 is 1.38 bits per heavy atom. The van der Waals surface area contributed by atoms with E-state index in [0.29, 0.717) is 17.3 Å². The number of halogens is 1. The second-order valence-electron chi connectivity index (χ2n) is 6.60. The first-order valence-electron chi connectivity index (χ1n) is 8.50. The number of rotatable bonds is 4. The topological polar surface area (TPSA) is 61.0 Å². The van der Waals surface area contributed by atoms with Gasteiger partial charge in [-0.05, 0) is 31.4 Å². The molecule has 24 heavy (non-hydrogen) atoms. The lowest BCUT2D eigenvalue weighted by Crippen LogP contribution is -2.37. The molecule has 1 aromatic heterocycles. The number of fused-ring (bicyclic) bond motifs is 1. The lowest BCUT2D eigenvalue weighted by Gasteiger charge is -2.30. The maximum Gasteiger partial charge on any atom is 0.275 e. The lowest BCUT2D eigenvalue weighted by atomic mass is 10.0. The van der Waals surface area contributed by atoms with Crippen LogP contribution in [0.3, 0.4) is 0 Å². The van der Waals surface area contributed by atoms with Crippen LogP contribution < -0.4 is 5.32 Å². The zero-order chi connectivity index (χ0) is 16.7. The summed E-state index contributed by atoms with van der Waals surface area (Å²) < 4.78 is 0. The summed E-state index contributed by atoms with van der Waals surface area (Å²) in [6.07, 6.45) is 2.98. The highest BCUT2D eigenvalue weighted by atomic mass is 35.5. The highest BCUT2D eigenvalue weighted by Gasteiger charge is 2.39. The summed E-state index contributed by atoms with van der Waals surface area (Å²) in [5.41, 5.74) is 3.64. The largest absolute Gasteiger partial charge is 0.327 e. The first kappa shape index (κ1) is 15.7. The normalized spacial score (nSPS) is 18.1. The predicted octanol–water partition coefficient (Wildman–Crippen LogP) is 3.07. The summed E-state index contributed by atoms with van der Waals surface area (Å²) in [5, 5.41) is 11.4. The van der Waals surface area contributed by atoms with Gasteiger partial charge in [-0.1, -0.05) is 29.8 Å². The molecule has 0 radical (unpaired) electrons. The zero-order valence-corrected chi connectivity index (χ0v) is 14.4. The minimum atomic E-state index is -0.0670. The van der Waals surface area contributed by atoms with E-state index in [4.69, 9.17) is 11.6 Å². The second kappa shape index (κ2) is 6.22. The molecule has 2 aromatic rings.